The molecule has 0 heterocycles. The topological polar surface area (TPSA) is 29.1 Å². The molecule has 2 aromatic carbocycles. The summed E-state index contributed by atoms with van der Waals surface area (Å²) in [6, 6.07) is 18.6. The summed E-state index contributed by atoms with van der Waals surface area (Å²) in [7, 11) is 0. The smallest absolute Gasteiger partial charge is 0.193 e. The second-order valence-corrected chi connectivity index (χ2v) is 4.02. The van der Waals surface area contributed by atoms with Crippen LogP contribution in [-0.2, 0) is 0 Å². The second-order valence-electron chi connectivity index (χ2n) is 4.02. The van der Waals surface area contributed by atoms with Gasteiger partial charge >= 0.3 is 0 Å². The van der Waals surface area contributed by atoms with E-state index in [-0.39, 0.29) is 5.78 Å². The van der Waals surface area contributed by atoms with Crippen molar-refractivity contribution in [3.8, 4) is 0 Å². The lowest BCUT2D eigenvalue weighted by atomic mass is 10.0. The summed E-state index contributed by atoms with van der Waals surface area (Å²) >= 11 is 0. The molecule has 2 nitrogen and oxygen atoms in total. The molecule has 2 rings (SSSR count). The van der Waals surface area contributed by atoms with Gasteiger partial charge < -0.3 is 5.32 Å². The van der Waals surface area contributed by atoms with E-state index in [1.165, 1.54) is 0 Å². The molecule has 0 bridgehead atoms. The first kappa shape index (κ1) is 15.1. The number of hydrogen-bond acceptors (Lipinski definition) is 2. The van der Waals surface area contributed by atoms with E-state index in [1.54, 1.807) is 0 Å². The normalized spacial score (nSPS) is 9.37. The van der Waals surface area contributed by atoms with Crippen LogP contribution in [0.3, 0.4) is 0 Å². The third-order valence-corrected chi connectivity index (χ3v) is 2.57. The van der Waals surface area contributed by atoms with E-state index in [0.29, 0.717) is 0 Å². The van der Waals surface area contributed by atoms with Crippen molar-refractivity contribution in [1.29, 1.82) is 0 Å². The molecule has 2 aromatic rings. The maximum atomic E-state index is 11.8. The summed E-state index contributed by atoms with van der Waals surface area (Å²) in [5, 5.41) is 3.11. The molecule has 0 amide bonds. The van der Waals surface area contributed by atoms with Crippen molar-refractivity contribution in [3.05, 3.63) is 71.8 Å². The van der Waals surface area contributed by atoms with Gasteiger partial charge in [-0.05, 0) is 13.1 Å². The lowest BCUT2D eigenvalue weighted by Crippen LogP contribution is -2.09. The van der Waals surface area contributed by atoms with Gasteiger partial charge in [0, 0.05) is 11.1 Å². The number of carbonyl (C=O) groups is 1. The fourth-order valence-corrected chi connectivity index (χ4v) is 1.60. The summed E-state index contributed by atoms with van der Waals surface area (Å²) in [6.45, 7) is 6.39. The minimum absolute atomic E-state index is 0.0752. The molecule has 0 saturated heterocycles. The van der Waals surface area contributed by atoms with Crippen LogP contribution < -0.4 is 5.32 Å². The maximum Gasteiger partial charge on any atom is 0.193 e. The Hall–Kier alpha value is -1.93. The Balaban J connectivity index is 0.000000312. The van der Waals surface area contributed by atoms with Gasteiger partial charge in [-0.2, -0.15) is 0 Å². The van der Waals surface area contributed by atoms with Crippen molar-refractivity contribution in [2.45, 2.75) is 13.8 Å². The third kappa shape index (κ3) is 5.49. The first-order chi connectivity index (χ1) is 9.29. The average Bonchev–Trinajstić information content (AvgIpc) is 2.50. The van der Waals surface area contributed by atoms with Crippen LogP contribution in [0.1, 0.15) is 29.8 Å². The van der Waals surface area contributed by atoms with Crippen LogP contribution in [0, 0.1) is 0 Å². The average molecular weight is 255 g/mol. The lowest BCUT2D eigenvalue weighted by Gasteiger charge is -1.99. The standard InChI is InChI=1S/C13H10O.C4H11N/c14-13(11-7-3-1-4-8-11)12-9-5-2-6-10-12;1-3-5-4-2/h1-10H;5H,3-4H2,1-2H3. The lowest BCUT2D eigenvalue weighted by molar-refractivity contribution is 0.103. The minimum atomic E-state index is 0.0752. The first-order valence-corrected chi connectivity index (χ1v) is 6.65. The van der Waals surface area contributed by atoms with Crippen molar-refractivity contribution in [2.24, 2.45) is 0 Å². The van der Waals surface area contributed by atoms with Crippen molar-refractivity contribution < 1.29 is 4.79 Å². The van der Waals surface area contributed by atoms with Gasteiger partial charge in [0.2, 0.25) is 0 Å². The molecule has 1 N–H and O–H groups in total. The van der Waals surface area contributed by atoms with Crippen LogP contribution in [0.15, 0.2) is 60.7 Å². The van der Waals surface area contributed by atoms with Gasteiger partial charge in [0.05, 0.1) is 0 Å². The highest BCUT2D eigenvalue weighted by Crippen LogP contribution is 2.08. The van der Waals surface area contributed by atoms with Crippen molar-refractivity contribution in [1.82, 2.24) is 5.32 Å². The molecule has 0 fully saturated rings. The number of nitrogens with one attached hydrogen (secondary N) is 1. The zero-order chi connectivity index (χ0) is 13.9. The zero-order valence-corrected chi connectivity index (χ0v) is 11.6. The number of ketones is 1. The van der Waals surface area contributed by atoms with Gasteiger partial charge in [0.15, 0.2) is 5.78 Å². The van der Waals surface area contributed by atoms with E-state index in [9.17, 15) is 4.79 Å². The second kappa shape index (κ2) is 9.06. The Kier molecular flexibility index (Phi) is 7.21. The molecule has 0 spiro atoms. The summed E-state index contributed by atoms with van der Waals surface area (Å²) < 4.78 is 0. The molecule has 0 aliphatic heterocycles. The molecule has 0 aliphatic rings. The maximum absolute atomic E-state index is 11.8. The fraction of sp³-hybridized carbons (Fsp3) is 0.235. The predicted molar refractivity (Wildman–Crippen MR) is 80.5 cm³/mol. The third-order valence-electron chi connectivity index (χ3n) is 2.57. The largest absolute Gasteiger partial charge is 0.317 e. The van der Waals surface area contributed by atoms with E-state index < -0.39 is 0 Å². The van der Waals surface area contributed by atoms with Gasteiger partial charge in [-0.15, -0.1) is 0 Å². The molecule has 0 radical (unpaired) electrons. The fourth-order valence-electron chi connectivity index (χ4n) is 1.60. The summed E-state index contributed by atoms with van der Waals surface area (Å²) in [4.78, 5) is 11.8. The highest BCUT2D eigenvalue weighted by molar-refractivity contribution is 6.08. The van der Waals surface area contributed by atoms with E-state index in [4.69, 9.17) is 0 Å². The Morgan fingerprint density at radius 1 is 0.789 bits per heavy atom. The van der Waals surface area contributed by atoms with Gasteiger partial charge in [-0.1, -0.05) is 74.5 Å². The van der Waals surface area contributed by atoms with Crippen LogP contribution in [0.5, 0.6) is 0 Å². The van der Waals surface area contributed by atoms with Crippen molar-refractivity contribution in [3.63, 3.8) is 0 Å². The summed E-state index contributed by atoms with van der Waals surface area (Å²) in [6.07, 6.45) is 0. The summed E-state index contributed by atoms with van der Waals surface area (Å²) in [5.74, 6) is 0.0752. The van der Waals surface area contributed by atoms with Crippen LogP contribution in [0.25, 0.3) is 0 Å². The molecule has 2 heteroatoms. The van der Waals surface area contributed by atoms with Crippen LogP contribution in [-0.4, -0.2) is 18.9 Å². The van der Waals surface area contributed by atoms with Crippen LogP contribution in [0.4, 0.5) is 0 Å². The molecule has 100 valence electrons. The van der Waals surface area contributed by atoms with Gasteiger partial charge in [0.25, 0.3) is 0 Å². The van der Waals surface area contributed by atoms with Crippen molar-refractivity contribution >= 4 is 5.78 Å². The van der Waals surface area contributed by atoms with Gasteiger partial charge in [-0.25, -0.2) is 0 Å². The summed E-state index contributed by atoms with van der Waals surface area (Å²) in [5.41, 5.74) is 1.47. The van der Waals surface area contributed by atoms with E-state index in [2.05, 4.69) is 19.2 Å². The highest BCUT2D eigenvalue weighted by atomic mass is 16.1. The zero-order valence-electron chi connectivity index (χ0n) is 11.6. The highest BCUT2D eigenvalue weighted by Gasteiger charge is 2.06. The van der Waals surface area contributed by atoms with E-state index >= 15 is 0 Å². The molecule has 0 atom stereocenters. The van der Waals surface area contributed by atoms with E-state index in [1.807, 2.05) is 60.7 Å². The Morgan fingerprint density at radius 2 is 1.16 bits per heavy atom. The Morgan fingerprint density at radius 3 is 1.42 bits per heavy atom. The Bertz CT molecular complexity index is 422. The monoisotopic (exact) mass is 255 g/mol. The van der Waals surface area contributed by atoms with Crippen LogP contribution >= 0.6 is 0 Å². The number of hydrogen-bond donors (Lipinski definition) is 1. The molecule has 19 heavy (non-hydrogen) atoms. The number of rotatable bonds is 4. The van der Waals surface area contributed by atoms with E-state index in [0.717, 1.165) is 24.2 Å². The van der Waals surface area contributed by atoms with Crippen LogP contribution in [0.2, 0.25) is 0 Å². The van der Waals surface area contributed by atoms with Gasteiger partial charge in [-0.3, -0.25) is 4.79 Å². The molecule has 0 unspecified atom stereocenters. The predicted octanol–water partition coefficient (Wildman–Crippen LogP) is 3.53. The van der Waals surface area contributed by atoms with Gasteiger partial charge in [0.1, 0.15) is 0 Å². The quantitative estimate of drug-likeness (QED) is 0.847. The number of carbonyl (C=O) groups excluding carboxylic acids is 1. The molecular weight excluding hydrogens is 234 g/mol. The minimum Gasteiger partial charge on any atom is -0.317 e. The molecule has 0 aromatic heterocycles. The Labute approximate surface area is 115 Å². The molecule has 0 aliphatic carbocycles. The first-order valence-electron chi connectivity index (χ1n) is 6.65. The SMILES string of the molecule is CCNCC.O=C(c1ccccc1)c1ccccc1. The molecule has 0 saturated carbocycles. The number of benzene rings is 2. The molecular formula is C17H21NO. The van der Waals surface area contributed by atoms with Crippen molar-refractivity contribution in [2.75, 3.05) is 13.1 Å².